The highest BCUT2D eigenvalue weighted by molar-refractivity contribution is 7.16. The van der Waals surface area contributed by atoms with Crippen LogP contribution in [0.3, 0.4) is 0 Å². The summed E-state index contributed by atoms with van der Waals surface area (Å²) in [4.78, 5) is 44.4. The largest absolute Gasteiger partial charge is 0.493 e. The maximum atomic E-state index is 13.9. The molecule has 2 aliphatic heterocycles. The third-order valence-corrected chi connectivity index (χ3v) is 9.00. The lowest BCUT2D eigenvalue weighted by Gasteiger charge is -2.39. The predicted octanol–water partition coefficient (Wildman–Crippen LogP) is 4.85. The highest BCUT2D eigenvalue weighted by atomic mass is 32.1. The Morgan fingerprint density at radius 3 is 2.56 bits per heavy atom. The van der Waals surface area contributed by atoms with E-state index in [2.05, 4.69) is 32.1 Å². The molecule has 11 nitrogen and oxygen atoms in total. The molecule has 0 unspecified atom stereocenters. The molecular weight excluding hydrogens is 611 g/mol. The molecule has 2 saturated heterocycles. The van der Waals surface area contributed by atoms with Crippen molar-refractivity contribution in [3.8, 4) is 17.0 Å². The van der Waals surface area contributed by atoms with Gasteiger partial charge in [0.05, 0.1) is 36.8 Å². The molecule has 0 aliphatic carbocycles. The maximum absolute atomic E-state index is 13.9. The number of likely N-dealkylation sites (tertiary alicyclic amines) is 1. The first-order valence-corrected chi connectivity index (χ1v) is 15.7. The summed E-state index contributed by atoms with van der Waals surface area (Å²) in [7, 11) is 0. The molecule has 2 aromatic heterocycles. The number of halogens is 3. The molecule has 1 aromatic carbocycles. The smallest absolute Gasteiger partial charge is 0.419 e. The van der Waals surface area contributed by atoms with Gasteiger partial charge in [-0.1, -0.05) is 11.3 Å². The highest BCUT2D eigenvalue weighted by Crippen LogP contribution is 2.41. The van der Waals surface area contributed by atoms with Crippen LogP contribution in [0.2, 0.25) is 0 Å². The number of carbonyl (C=O) groups is 2. The Bertz CT molecular complexity index is 1520. The van der Waals surface area contributed by atoms with E-state index in [-0.39, 0.29) is 41.3 Å². The zero-order valence-electron chi connectivity index (χ0n) is 25.3. The van der Waals surface area contributed by atoms with Crippen LogP contribution in [0.15, 0.2) is 30.6 Å². The molecule has 242 valence electrons. The molecule has 0 spiro atoms. The summed E-state index contributed by atoms with van der Waals surface area (Å²) >= 11 is 1.22. The molecule has 45 heavy (non-hydrogen) atoms. The zero-order valence-corrected chi connectivity index (χ0v) is 26.1. The number of rotatable bonds is 10. The van der Waals surface area contributed by atoms with Crippen LogP contribution in [0.25, 0.3) is 11.3 Å². The van der Waals surface area contributed by atoms with E-state index >= 15 is 0 Å². The number of ether oxygens (including phenoxy) is 1. The number of alkyl halides is 3. The number of hydrogen-bond acceptors (Lipinski definition) is 10. The monoisotopic (exact) mass is 647 g/mol. The number of benzene rings is 1. The van der Waals surface area contributed by atoms with Crippen molar-refractivity contribution in [2.24, 2.45) is 0 Å². The third-order valence-electron chi connectivity index (χ3n) is 8.05. The summed E-state index contributed by atoms with van der Waals surface area (Å²) in [5, 5.41) is 12.1. The molecule has 0 radical (unpaired) electrons. The van der Waals surface area contributed by atoms with Gasteiger partial charge in [-0.3, -0.25) is 24.7 Å². The van der Waals surface area contributed by atoms with Crippen LogP contribution >= 0.6 is 11.3 Å². The first kappa shape index (κ1) is 32.6. The van der Waals surface area contributed by atoms with E-state index in [0.29, 0.717) is 43.7 Å². The Hall–Kier alpha value is -3.82. The lowest BCUT2D eigenvalue weighted by atomic mass is 10.1. The van der Waals surface area contributed by atoms with Crippen LogP contribution in [0.1, 0.15) is 54.5 Å². The fourth-order valence-electron chi connectivity index (χ4n) is 5.79. The van der Waals surface area contributed by atoms with Crippen molar-refractivity contribution in [3.05, 3.63) is 46.7 Å². The van der Waals surface area contributed by atoms with Crippen LogP contribution < -0.4 is 15.0 Å². The van der Waals surface area contributed by atoms with Crippen molar-refractivity contribution in [1.29, 1.82) is 0 Å². The van der Waals surface area contributed by atoms with Gasteiger partial charge in [0.1, 0.15) is 17.3 Å². The van der Waals surface area contributed by atoms with Crippen LogP contribution in [-0.2, 0) is 17.5 Å². The minimum Gasteiger partial charge on any atom is -0.493 e. The van der Waals surface area contributed by atoms with Gasteiger partial charge >= 0.3 is 12.1 Å². The van der Waals surface area contributed by atoms with E-state index in [0.717, 1.165) is 30.3 Å². The van der Waals surface area contributed by atoms with Gasteiger partial charge in [-0.05, 0) is 58.4 Å². The number of aromatic nitrogens is 3. The van der Waals surface area contributed by atoms with E-state index in [1.165, 1.54) is 29.8 Å². The second kappa shape index (κ2) is 13.7. The summed E-state index contributed by atoms with van der Waals surface area (Å²) in [6.07, 6.45) is 0.316. The number of nitrogens with one attached hydrogen (secondary N) is 1. The molecule has 2 N–H and O–H groups in total. The minimum absolute atomic E-state index is 0.00183. The van der Waals surface area contributed by atoms with Crippen molar-refractivity contribution in [2.75, 3.05) is 49.5 Å². The number of amides is 1. The SMILES string of the molecule is CCOc1ccc(-c2nc(NC(=O)c3cnc(N4CCN(CC(=O)O)C[C@H]4C)cn3)sc2CN2CCC[C@H]2C)cc1C(F)(F)F. The van der Waals surface area contributed by atoms with Crippen LogP contribution in [0.4, 0.5) is 24.1 Å². The first-order valence-electron chi connectivity index (χ1n) is 14.8. The van der Waals surface area contributed by atoms with Crippen LogP contribution in [-0.4, -0.2) is 93.1 Å². The number of carboxylic acids is 1. The fraction of sp³-hybridized carbons (Fsp3) is 0.500. The van der Waals surface area contributed by atoms with E-state index in [9.17, 15) is 22.8 Å². The molecule has 0 bridgehead atoms. The molecule has 5 rings (SSSR count). The number of carboxylic acid groups (broad SMARTS) is 1. The third kappa shape index (κ3) is 7.71. The molecule has 3 aromatic rings. The van der Waals surface area contributed by atoms with Gasteiger partial charge in [-0.15, -0.1) is 0 Å². The van der Waals surface area contributed by atoms with Gasteiger partial charge in [0.15, 0.2) is 5.13 Å². The Morgan fingerprint density at radius 1 is 1.13 bits per heavy atom. The maximum Gasteiger partial charge on any atom is 0.419 e. The van der Waals surface area contributed by atoms with Gasteiger partial charge in [-0.25, -0.2) is 15.0 Å². The summed E-state index contributed by atoms with van der Waals surface area (Å²) in [6, 6.07) is 4.24. The molecular formula is C30H36F3N7O4S. The predicted molar refractivity (Wildman–Crippen MR) is 164 cm³/mol. The van der Waals surface area contributed by atoms with Crippen molar-refractivity contribution in [1.82, 2.24) is 24.8 Å². The van der Waals surface area contributed by atoms with E-state index in [1.807, 2.05) is 16.7 Å². The molecule has 2 atom stereocenters. The number of thiazole rings is 1. The van der Waals surface area contributed by atoms with Crippen molar-refractivity contribution in [2.45, 2.75) is 58.4 Å². The van der Waals surface area contributed by atoms with E-state index < -0.39 is 23.6 Å². The number of nitrogens with zero attached hydrogens (tertiary/aromatic N) is 6. The molecule has 0 saturated carbocycles. The highest BCUT2D eigenvalue weighted by Gasteiger charge is 2.35. The van der Waals surface area contributed by atoms with Crippen LogP contribution in [0, 0.1) is 0 Å². The summed E-state index contributed by atoms with van der Waals surface area (Å²) in [5.41, 5.74) is -0.164. The normalized spacial score (nSPS) is 19.6. The quantitative estimate of drug-likeness (QED) is 0.316. The number of aliphatic carboxylic acids is 1. The second-order valence-corrected chi connectivity index (χ2v) is 12.4. The number of anilines is 2. The zero-order chi connectivity index (χ0) is 32.3. The van der Waals surface area contributed by atoms with Crippen molar-refractivity contribution < 1.29 is 32.6 Å². The standard InChI is InChI=1S/C30H36F3N7O4S/c1-4-44-23-8-7-20(12-21(23)30(31,32)33)27-24(16-39-9-5-6-18(39)2)45-29(36-27)37-28(43)22-13-35-25(14-34-22)40-11-10-38(15-19(40)3)17-26(41)42/h7-8,12-14,18-19H,4-6,9-11,15-17H2,1-3H3,(H,41,42)(H,36,37,43)/t18-,19-/m1/s1. The van der Waals surface area contributed by atoms with Gasteiger partial charge in [0.2, 0.25) is 0 Å². The lowest BCUT2D eigenvalue weighted by molar-refractivity contribution is -0.139. The Kier molecular flexibility index (Phi) is 9.89. The average Bonchev–Trinajstić information content (AvgIpc) is 3.58. The van der Waals surface area contributed by atoms with Crippen molar-refractivity contribution >= 4 is 34.2 Å². The number of carbonyl (C=O) groups excluding carboxylic acids is 1. The second-order valence-electron chi connectivity index (χ2n) is 11.3. The van der Waals surface area contributed by atoms with E-state index in [1.54, 1.807) is 13.0 Å². The summed E-state index contributed by atoms with van der Waals surface area (Å²) in [5.74, 6) is -1.09. The topological polar surface area (TPSA) is 124 Å². The Morgan fingerprint density at radius 2 is 1.93 bits per heavy atom. The van der Waals surface area contributed by atoms with Gasteiger partial charge in [0.25, 0.3) is 5.91 Å². The Labute approximate surface area is 263 Å². The molecule has 4 heterocycles. The molecule has 1 amide bonds. The van der Waals surface area contributed by atoms with Crippen molar-refractivity contribution in [3.63, 3.8) is 0 Å². The van der Waals surface area contributed by atoms with Gasteiger partial charge < -0.3 is 14.7 Å². The average molecular weight is 648 g/mol. The molecule has 2 fully saturated rings. The molecule has 15 heteroatoms. The Balaban J connectivity index is 1.36. The summed E-state index contributed by atoms with van der Waals surface area (Å²) in [6.45, 7) is 8.83. The summed E-state index contributed by atoms with van der Waals surface area (Å²) < 4.78 is 47.1. The lowest BCUT2D eigenvalue weighted by Crippen LogP contribution is -2.53. The first-order chi connectivity index (χ1) is 21.4. The van der Waals surface area contributed by atoms with Crippen LogP contribution in [0.5, 0.6) is 5.75 Å². The minimum atomic E-state index is -4.62. The fourth-order valence-corrected chi connectivity index (χ4v) is 6.79. The number of piperazine rings is 1. The molecule has 2 aliphatic rings. The number of hydrogen-bond donors (Lipinski definition) is 2. The van der Waals surface area contributed by atoms with Gasteiger partial charge in [-0.2, -0.15) is 13.2 Å². The van der Waals surface area contributed by atoms with E-state index in [4.69, 9.17) is 9.84 Å². The van der Waals surface area contributed by atoms with Gasteiger partial charge in [0, 0.05) is 48.7 Å².